The number of ether oxygens (including phenoxy) is 1. The Labute approximate surface area is 144 Å². The number of hydrogen-bond acceptors (Lipinski definition) is 4. The van der Waals surface area contributed by atoms with E-state index in [1.807, 2.05) is 53.4 Å². The molecule has 0 saturated carbocycles. The average molecular weight is 332 g/mol. The maximum Gasteiger partial charge on any atom is 0.235 e. The molecule has 0 spiro atoms. The second kappa shape index (κ2) is 5.48. The molecular weight excluding hydrogens is 316 g/mol. The lowest BCUT2D eigenvalue weighted by Gasteiger charge is -2.33. The van der Waals surface area contributed by atoms with Crippen molar-refractivity contribution in [3.8, 4) is 11.5 Å². The second-order valence-electron chi connectivity index (χ2n) is 6.39. The molecule has 5 rings (SSSR count). The van der Waals surface area contributed by atoms with Crippen LogP contribution in [0.4, 0.5) is 0 Å². The molecule has 0 radical (unpaired) electrons. The highest BCUT2D eigenvalue weighted by Crippen LogP contribution is 2.45. The molecule has 5 heteroatoms. The van der Waals surface area contributed by atoms with E-state index in [4.69, 9.17) is 9.26 Å². The smallest absolute Gasteiger partial charge is 0.235 e. The van der Waals surface area contributed by atoms with Gasteiger partial charge in [0.15, 0.2) is 0 Å². The van der Waals surface area contributed by atoms with Crippen molar-refractivity contribution in [3.63, 3.8) is 0 Å². The molecule has 2 aliphatic heterocycles. The Morgan fingerprint density at radius 3 is 2.44 bits per heavy atom. The van der Waals surface area contributed by atoms with E-state index < -0.39 is 0 Å². The van der Waals surface area contributed by atoms with Crippen LogP contribution in [0.15, 0.2) is 59.3 Å². The SMILES string of the molecule is O=C(C1c2ccccc2Oc2ccccc21)N1CCc2oncc2C1. The minimum absolute atomic E-state index is 0.0926. The van der Waals surface area contributed by atoms with Gasteiger partial charge in [-0.05, 0) is 12.1 Å². The predicted molar refractivity (Wildman–Crippen MR) is 90.4 cm³/mol. The quantitative estimate of drug-likeness (QED) is 0.684. The Kier molecular flexibility index (Phi) is 3.13. The zero-order valence-corrected chi connectivity index (χ0v) is 13.5. The van der Waals surface area contributed by atoms with Crippen molar-refractivity contribution in [1.82, 2.24) is 10.1 Å². The number of rotatable bonds is 1. The molecule has 0 atom stereocenters. The third-order valence-electron chi connectivity index (χ3n) is 4.94. The van der Waals surface area contributed by atoms with Crippen LogP contribution < -0.4 is 4.74 Å². The van der Waals surface area contributed by atoms with Crippen molar-refractivity contribution in [3.05, 3.63) is 77.2 Å². The van der Waals surface area contributed by atoms with Crippen LogP contribution in [0.2, 0.25) is 0 Å². The number of aromatic nitrogens is 1. The molecule has 0 aliphatic carbocycles. The summed E-state index contributed by atoms with van der Waals surface area (Å²) in [6, 6.07) is 15.5. The van der Waals surface area contributed by atoms with Gasteiger partial charge in [-0.2, -0.15) is 0 Å². The molecule has 1 aromatic heterocycles. The number of amides is 1. The van der Waals surface area contributed by atoms with E-state index >= 15 is 0 Å². The molecule has 25 heavy (non-hydrogen) atoms. The number of fused-ring (bicyclic) bond motifs is 3. The summed E-state index contributed by atoms with van der Waals surface area (Å²) in [6.45, 7) is 1.18. The van der Waals surface area contributed by atoms with E-state index in [0.29, 0.717) is 19.5 Å². The molecule has 2 aliphatic rings. The third kappa shape index (κ3) is 2.23. The van der Waals surface area contributed by atoms with Crippen LogP contribution in [0.3, 0.4) is 0 Å². The van der Waals surface area contributed by atoms with Gasteiger partial charge in [0.2, 0.25) is 5.91 Å². The molecule has 3 heterocycles. The van der Waals surface area contributed by atoms with Crippen LogP contribution in [0.25, 0.3) is 0 Å². The summed E-state index contributed by atoms with van der Waals surface area (Å²) < 4.78 is 11.2. The zero-order chi connectivity index (χ0) is 16.8. The Morgan fingerprint density at radius 1 is 1.04 bits per heavy atom. The molecule has 2 aromatic carbocycles. The van der Waals surface area contributed by atoms with Crippen LogP contribution in [0, 0.1) is 0 Å². The summed E-state index contributed by atoms with van der Waals surface area (Å²) in [4.78, 5) is 15.3. The van der Waals surface area contributed by atoms with Crippen molar-refractivity contribution in [1.29, 1.82) is 0 Å². The molecule has 1 amide bonds. The molecule has 124 valence electrons. The molecule has 0 unspecified atom stereocenters. The fourth-order valence-electron chi connectivity index (χ4n) is 3.69. The first-order chi connectivity index (χ1) is 12.3. The first-order valence-corrected chi connectivity index (χ1v) is 8.38. The lowest BCUT2D eigenvalue weighted by molar-refractivity contribution is -0.133. The van der Waals surface area contributed by atoms with E-state index in [9.17, 15) is 4.79 Å². The zero-order valence-electron chi connectivity index (χ0n) is 13.5. The van der Waals surface area contributed by atoms with Gasteiger partial charge in [-0.15, -0.1) is 0 Å². The maximum absolute atomic E-state index is 13.4. The fraction of sp³-hybridized carbons (Fsp3) is 0.200. The van der Waals surface area contributed by atoms with Crippen LogP contribution >= 0.6 is 0 Å². The minimum atomic E-state index is -0.345. The molecule has 0 bridgehead atoms. The van der Waals surface area contributed by atoms with Gasteiger partial charge < -0.3 is 14.2 Å². The van der Waals surface area contributed by atoms with Crippen molar-refractivity contribution >= 4 is 5.91 Å². The van der Waals surface area contributed by atoms with E-state index in [0.717, 1.165) is 33.9 Å². The van der Waals surface area contributed by atoms with Gasteiger partial charge in [-0.25, -0.2) is 0 Å². The summed E-state index contributed by atoms with van der Waals surface area (Å²) in [6.07, 6.45) is 2.41. The van der Waals surface area contributed by atoms with E-state index in [-0.39, 0.29) is 11.8 Å². The molecule has 5 nitrogen and oxygen atoms in total. The Morgan fingerprint density at radius 2 is 1.72 bits per heavy atom. The summed E-state index contributed by atoms with van der Waals surface area (Å²) in [5.74, 6) is 2.14. The van der Waals surface area contributed by atoms with Crippen molar-refractivity contribution in [2.75, 3.05) is 6.54 Å². The first-order valence-electron chi connectivity index (χ1n) is 8.38. The number of carbonyl (C=O) groups excluding carboxylic acids is 1. The van der Waals surface area contributed by atoms with E-state index in [1.165, 1.54) is 0 Å². The largest absolute Gasteiger partial charge is 0.457 e. The lowest BCUT2D eigenvalue weighted by Crippen LogP contribution is -2.39. The highest BCUT2D eigenvalue weighted by molar-refractivity contribution is 5.89. The topological polar surface area (TPSA) is 55.6 Å². The van der Waals surface area contributed by atoms with Gasteiger partial charge in [-0.3, -0.25) is 4.79 Å². The molecule has 0 N–H and O–H groups in total. The fourth-order valence-corrected chi connectivity index (χ4v) is 3.69. The Balaban J connectivity index is 1.56. The normalized spacial score (nSPS) is 15.8. The highest BCUT2D eigenvalue weighted by atomic mass is 16.5. The monoisotopic (exact) mass is 332 g/mol. The van der Waals surface area contributed by atoms with Gasteiger partial charge in [-0.1, -0.05) is 41.6 Å². The van der Waals surface area contributed by atoms with Crippen molar-refractivity contribution < 1.29 is 14.1 Å². The van der Waals surface area contributed by atoms with Gasteiger partial charge in [0.25, 0.3) is 0 Å². The van der Waals surface area contributed by atoms with E-state index in [1.54, 1.807) is 6.20 Å². The van der Waals surface area contributed by atoms with Gasteiger partial charge in [0.1, 0.15) is 17.3 Å². The second-order valence-corrected chi connectivity index (χ2v) is 6.39. The molecule has 0 saturated heterocycles. The summed E-state index contributed by atoms with van der Waals surface area (Å²) >= 11 is 0. The van der Waals surface area contributed by atoms with Crippen LogP contribution in [0.1, 0.15) is 28.4 Å². The number of hydrogen-bond donors (Lipinski definition) is 0. The standard InChI is InChI=1S/C20H16N2O3/c23-20(22-10-9-16-13(12-22)11-21-25-16)19-14-5-1-3-7-17(14)24-18-8-4-2-6-15(18)19/h1-8,11,19H,9-10,12H2. The lowest BCUT2D eigenvalue weighted by atomic mass is 9.86. The van der Waals surface area contributed by atoms with E-state index in [2.05, 4.69) is 5.16 Å². The van der Waals surface area contributed by atoms with Gasteiger partial charge >= 0.3 is 0 Å². The third-order valence-corrected chi connectivity index (χ3v) is 4.94. The summed E-state index contributed by atoms with van der Waals surface area (Å²) in [5, 5.41) is 3.85. The van der Waals surface area contributed by atoms with Crippen molar-refractivity contribution in [2.45, 2.75) is 18.9 Å². The number of benzene rings is 2. The number of para-hydroxylation sites is 2. The van der Waals surface area contributed by atoms with Crippen LogP contribution in [-0.2, 0) is 17.8 Å². The van der Waals surface area contributed by atoms with Crippen LogP contribution in [0.5, 0.6) is 11.5 Å². The molecular formula is C20H16N2O3. The molecule has 3 aromatic rings. The predicted octanol–water partition coefficient (Wildman–Crippen LogP) is 3.50. The maximum atomic E-state index is 13.4. The summed E-state index contributed by atoms with van der Waals surface area (Å²) in [5.41, 5.74) is 2.83. The van der Waals surface area contributed by atoms with Gasteiger partial charge in [0, 0.05) is 29.7 Å². The number of nitrogens with zero attached hydrogens (tertiary/aromatic N) is 2. The van der Waals surface area contributed by atoms with Crippen molar-refractivity contribution in [2.24, 2.45) is 0 Å². The summed E-state index contributed by atoms with van der Waals surface area (Å²) in [7, 11) is 0. The Bertz CT molecular complexity index is 917. The first kappa shape index (κ1) is 14.3. The average Bonchev–Trinajstić information content (AvgIpc) is 3.13. The number of carbonyl (C=O) groups is 1. The minimum Gasteiger partial charge on any atom is -0.457 e. The van der Waals surface area contributed by atoms with Crippen LogP contribution in [-0.4, -0.2) is 22.5 Å². The Hall–Kier alpha value is -3.08. The van der Waals surface area contributed by atoms with Gasteiger partial charge in [0.05, 0.1) is 18.7 Å². The highest BCUT2D eigenvalue weighted by Gasteiger charge is 2.36. The molecule has 0 fully saturated rings.